The van der Waals surface area contributed by atoms with Crippen molar-refractivity contribution in [1.82, 2.24) is 0 Å². The summed E-state index contributed by atoms with van der Waals surface area (Å²) in [5.74, 6) is 4.20. The highest BCUT2D eigenvalue weighted by Gasteiger charge is 2.31. The Labute approximate surface area is 649 Å². The topological polar surface area (TPSA) is 211 Å². The highest BCUT2D eigenvalue weighted by atomic mass is 35.5. The lowest BCUT2D eigenvalue weighted by Gasteiger charge is -2.15. The second kappa shape index (κ2) is 41.0. The number of benzene rings is 12. The lowest BCUT2D eigenvalue weighted by Crippen LogP contribution is -2.16. The molecule has 17 nitrogen and oxygen atoms in total. The van der Waals surface area contributed by atoms with E-state index in [1.165, 1.54) is 52.0 Å². The molecule has 0 atom stereocenters. The maximum atomic E-state index is 12.3. The van der Waals surface area contributed by atoms with E-state index in [1.54, 1.807) is 54.6 Å². The molecule has 0 saturated heterocycles. The molecule has 0 saturated carbocycles. The summed E-state index contributed by atoms with van der Waals surface area (Å²) in [6.07, 6.45) is -4.74. The van der Waals surface area contributed by atoms with Gasteiger partial charge in [0.1, 0.15) is 28.7 Å². The summed E-state index contributed by atoms with van der Waals surface area (Å²) in [5.41, 5.74) is 10.4. The Hall–Kier alpha value is -12.3. The number of para-hydroxylation sites is 10. The number of alkyl halides is 3. The van der Waals surface area contributed by atoms with E-state index in [1.807, 2.05) is 206 Å². The van der Waals surface area contributed by atoms with Crippen molar-refractivity contribution in [2.24, 2.45) is 0 Å². The molecule has 8 N–H and O–H groups in total. The predicted octanol–water partition coefficient (Wildman–Crippen LogP) is 23.7. The minimum atomic E-state index is -4.74. The SMILES string of the molecule is CC(=O)Nc1ccc(CNc2ccccc2Oc2ccc(Cl)cc2)cc1.CC(=O)Nc1ccc(CNc2ccccc2Oc2ccc(Cl)cc2Cl)cc1.CC(=O)Nc1ccccc1CNc1ccccc1Oc1ccc(Cl)cc1.CC(=O)Nc1ccccc1CNc1ccccc1Oc1ccc(OC(F)(F)F)cc1. The molecule has 0 aromatic heterocycles. The van der Waals surface area contributed by atoms with Gasteiger partial charge in [-0.25, -0.2) is 0 Å². The molecule has 24 heteroatoms. The number of hydrogen-bond donors (Lipinski definition) is 8. The van der Waals surface area contributed by atoms with Crippen LogP contribution in [0.25, 0.3) is 0 Å². The van der Waals surface area contributed by atoms with Gasteiger partial charge in [-0.1, -0.05) is 156 Å². The zero-order valence-corrected chi connectivity index (χ0v) is 62.3. The smallest absolute Gasteiger partial charge is 0.455 e. The van der Waals surface area contributed by atoms with Crippen molar-refractivity contribution in [3.63, 3.8) is 0 Å². The summed E-state index contributed by atoms with van der Waals surface area (Å²) in [7, 11) is 0. The van der Waals surface area contributed by atoms with Crippen molar-refractivity contribution in [3.05, 3.63) is 327 Å². The molecule has 12 aromatic carbocycles. The van der Waals surface area contributed by atoms with Gasteiger partial charge in [0.05, 0.1) is 27.8 Å². The summed E-state index contributed by atoms with van der Waals surface area (Å²) >= 11 is 24.0. The van der Waals surface area contributed by atoms with Gasteiger partial charge >= 0.3 is 6.36 Å². The van der Waals surface area contributed by atoms with Crippen molar-refractivity contribution in [1.29, 1.82) is 0 Å². The van der Waals surface area contributed by atoms with Crippen molar-refractivity contribution in [2.75, 3.05) is 42.5 Å². The highest BCUT2D eigenvalue weighted by molar-refractivity contribution is 6.35. The van der Waals surface area contributed by atoms with Crippen LogP contribution in [0.15, 0.2) is 285 Å². The van der Waals surface area contributed by atoms with Crippen LogP contribution < -0.4 is 66.2 Å². The van der Waals surface area contributed by atoms with E-state index in [-0.39, 0.29) is 29.4 Å². The third kappa shape index (κ3) is 27.8. The molecule has 0 heterocycles. The maximum Gasteiger partial charge on any atom is 0.573 e. The van der Waals surface area contributed by atoms with Gasteiger partial charge in [-0.2, -0.15) is 0 Å². The molecular weight excluding hydrogens is 1480 g/mol. The van der Waals surface area contributed by atoms with Crippen LogP contribution in [0.3, 0.4) is 0 Å². The Morgan fingerprint density at radius 3 is 0.936 bits per heavy atom. The number of halogens is 7. The lowest BCUT2D eigenvalue weighted by molar-refractivity contribution is -0.274. The van der Waals surface area contributed by atoms with Crippen LogP contribution in [-0.4, -0.2) is 30.0 Å². The zero-order valence-electron chi connectivity index (χ0n) is 59.3. The molecule has 0 unspecified atom stereocenters. The fraction of sp³-hybridized carbons (Fsp3) is 0.106. The molecule has 0 radical (unpaired) electrons. The van der Waals surface area contributed by atoms with Crippen molar-refractivity contribution in [2.45, 2.75) is 60.2 Å². The molecule has 558 valence electrons. The molecule has 0 fully saturated rings. The van der Waals surface area contributed by atoms with Gasteiger partial charge in [-0.3, -0.25) is 19.2 Å². The molecule has 12 rings (SSSR count). The van der Waals surface area contributed by atoms with Crippen LogP contribution in [0.5, 0.6) is 51.7 Å². The fourth-order valence-corrected chi connectivity index (χ4v) is 10.8. The molecule has 0 aliphatic heterocycles. The summed E-state index contributed by atoms with van der Waals surface area (Å²) in [5, 5.41) is 26.9. The Bertz CT molecular complexity index is 4970. The van der Waals surface area contributed by atoms with E-state index in [2.05, 4.69) is 47.3 Å². The quantitative estimate of drug-likeness (QED) is 0.0268. The van der Waals surface area contributed by atoms with Crippen LogP contribution in [0.1, 0.15) is 49.9 Å². The number of anilines is 8. The number of ether oxygens (including phenoxy) is 5. The summed E-state index contributed by atoms with van der Waals surface area (Å²) < 4.78 is 64.4. The number of rotatable bonds is 25. The predicted molar refractivity (Wildman–Crippen MR) is 431 cm³/mol. The number of nitrogens with one attached hydrogen (secondary N) is 8. The Morgan fingerprint density at radius 2 is 0.596 bits per heavy atom. The normalized spacial score (nSPS) is 10.4. The van der Waals surface area contributed by atoms with E-state index < -0.39 is 6.36 Å². The van der Waals surface area contributed by atoms with Crippen molar-refractivity contribution < 1.29 is 56.0 Å². The molecule has 4 amide bonds. The summed E-state index contributed by atoms with van der Waals surface area (Å²) in [6, 6.07) is 85.5. The molecule has 12 aromatic rings. The van der Waals surface area contributed by atoms with Crippen molar-refractivity contribution in [3.8, 4) is 51.7 Å². The average Bonchev–Trinajstić information content (AvgIpc) is 0.857. The van der Waals surface area contributed by atoms with Gasteiger partial charge in [-0.15, -0.1) is 13.2 Å². The molecule has 0 aliphatic rings. The largest absolute Gasteiger partial charge is 0.573 e. The summed E-state index contributed by atoms with van der Waals surface area (Å²) in [6.45, 7) is 8.15. The average molecular weight is 1550 g/mol. The molecular formula is C85H75Cl4F3N8O9. The Morgan fingerprint density at radius 1 is 0.303 bits per heavy atom. The first-order valence-corrected chi connectivity index (χ1v) is 35.3. The lowest BCUT2D eigenvalue weighted by atomic mass is 10.1. The van der Waals surface area contributed by atoms with Gasteiger partial charge in [0.15, 0.2) is 23.0 Å². The number of carbonyl (C=O) groups excluding carboxylic acids is 4. The summed E-state index contributed by atoms with van der Waals surface area (Å²) in [4.78, 5) is 44.9. The first-order chi connectivity index (χ1) is 52.5. The van der Waals surface area contributed by atoms with Gasteiger partial charge in [-0.05, 0) is 198 Å². The highest BCUT2D eigenvalue weighted by Crippen LogP contribution is 2.38. The third-order valence-electron chi connectivity index (χ3n) is 15.1. The second-order valence-electron chi connectivity index (χ2n) is 23.7. The van der Waals surface area contributed by atoms with E-state index in [0.717, 1.165) is 67.9 Å². The van der Waals surface area contributed by atoms with Crippen LogP contribution in [0.2, 0.25) is 20.1 Å². The number of amides is 4. The van der Waals surface area contributed by atoms with Crippen LogP contribution >= 0.6 is 46.4 Å². The van der Waals surface area contributed by atoms with E-state index in [9.17, 15) is 32.3 Å². The number of carbonyl (C=O) groups is 4. The fourth-order valence-electron chi connectivity index (χ4n) is 10.1. The van der Waals surface area contributed by atoms with E-state index in [4.69, 9.17) is 65.4 Å². The van der Waals surface area contributed by atoms with Gasteiger partial charge in [0, 0.05) is 91.7 Å². The van der Waals surface area contributed by atoms with Crippen LogP contribution in [0.4, 0.5) is 58.7 Å². The zero-order chi connectivity index (χ0) is 77.5. The first kappa shape index (κ1) is 80.8. The van der Waals surface area contributed by atoms with Gasteiger partial charge < -0.3 is 66.2 Å². The molecule has 0 spiro atoms. The third-order valence-corrected chi connectivity index (χ3v) is 16.2. The van der Waals surface area contributed by atoms with Crippen LogP contribution in [-0.2, 0) is 45.4 Å². The maximum absolute atomic E-state index is 12.3. The minimum absolute atomic E-state index is 0.0795. The first-order valence-electron chi connectivity index (χ1n) is 33.8. The Kier molecular flexibility index (Phi) is 30.4. The second-order valence-corrected chi connectivity index (χ2v) is 25.5. The van der Waals surface area contributed by atoms with Crippen LogP contribution in [0, 0.1) is 0 Å². The van der Waals surface area contributed by atoms with Gasteiger partial charge in [0.2, 0.25) is 23.6 Å². The Balaban J connectivity index is 0.000000168. The molecule has 0 aliphatic carbocycles. The van der Waals surface area contributed by atoms with E-state index in [0.29, 0.717) is 92.1 Å². The van der Waals surface area contributed by atoms with Crippen molar-refractivity contribution >= 4 is 116 Å². The van der Waals surface area contributed by atoms with Gasteiger partial charge in [0.25, 0.3) is 0 Å². The van der Waals surface area contributed by atoms with E-state index >= 15 is 0 Å². The molecule has 109 heavy (non-hydrogen) atoms. The number of hydrogen-bond acceptors (Lipinski definition) is 13. The molecule has 0 bridgehead atoms. The monoisotopic (exact) mass is 1550 g/mol. The standard InChI is InChI=1S/C22H19F3N2O3.C21H18Cl2N2O2.2C21H19ClN2O2/c1-15(28)27-19-7-3-2-6-16(19)14-26-20-8-4-5-9-21(20)29-17-10-12-18(13-11-17)30-22(23,24)25;1-14(26)25-17-9-6-15(7-10-17)13-24-19-4-2-3-5-21(19)27-20-11-8-16(22)12-18(20)23;1-15(25)24-19-7-3-2-6-16(19)14-23-20-8-4-5-9-21(20)26-18-12-10-17(22)11-13-18;1-15(25)24-18-10-6-16(7-11-18)14-23-20-4-2-3-5-21(20)26-19-12-8-17(22)9-13-19/h2-13,26H,14H2,1H3,(H,27,28);2-12,24H,13H2,1H3,(H,25,26);2*2-13,23H,14H2,1H3,(H,24,25). The minimum Gasteiger partial charge on any atom is -0.455 e.